The van der Waals surface area contributed by atoms with Gasteiger partial charge in [0.15, 0.2) is 0 Å². The van der Waals surface area contributed by atoms with Gasteiger partial charge in [-0.2, -0.15) is 0 Å². The average molecular weight is 481 g/mol. The Morgan fingerprint density at radius 1 is 0.516 bits per heavy atom. The first-order valence-corrected chi connectivity index (χ1v) is 14.1. The normalized spacial score (nSPS) is 11.3. The number of rotatable bonds is 6. The fourth-order valence-corrected chi connectivity index (χ4v) is 5.20. The van der Waals surface area contributed by atoms with E-state index in [1.165, 1.54) is 24.5 Å². The molecule has 0 heterocycles. The van der Waals surface area contributed by atoms with Gasteiger partial charge in [-0.3, -0.25) is 4.21 Å². The molecule has 0 fully saturated rings. The van der Waals surface area contributed by atoms with Crippen LogP contribution in [0.2, 0.25) is 0 Å². The fourth-order valence-electron chi connectivity index (χ4n) is 2.59. The molecule has 0 aliphatic heterocycles. The monoisotopic (exact) mass is 480 g/mol. The minimum atomic E-state index is -0.893. The lowest BCUT2D eigenvalue weighted by Crippen LogP contribution is -1.85. The Labute approximate surface area is 200 Å². The average Bonchev–Trinajstić information content (AvgIpc) is 2.82. The van der Waals surface area contributed by atoms with Gasteiger partial charge in [-0.25, -0.2) is 0 Å². The maximum Gasteiger partial charge on any atom is 0.0498 e. The SMILES string of the molecule is CS(=O)c1ccc(Sc2ccccc2)cc1.CSc1ccc(Sc2ccccc2)cc1. The smallest absolute Gasteiger partial charge is 0.0498 e. The van der Waals surface area contributed by atoms with Crippen LogP contribution in [0.4, 0.5) is 0 Å². The number of thioether (sulfide) groups is 1. The molecule has 0 N–H and O–H groups in total. The van der Waals surface area contributed by atoms with E-state index < -0.39 is 10.8 Å². The van der Waals surface area contributed by atoms with Crippen molar-refractivity contribution < 1.29 is 4.21 Å². The lowest BCUT2D eigenvalue weighted by molar-refractivity contribution is 0.686. The van der Waals surface area contributed by atoms with Gasteiger partial charge >= 0.3 is 0 Å². The molecule has 0 saturated carbocycles. The molecule has 0 aliphatic carbocycles. The maximum absolute atomic E-state index is 11.2. The molecular formula is C26H24OS4. The van der Waals surface area contributed by atoms with E-state index >= 15 is 0 Å². The van der Waals surface area contributed by atoms with E-state index in [2.05, 4.69) is 66.9 Å². The molecule has 0 aromatic heterocycles. The van der Waals surface area contributed by atoms with Gasteiger partial charge in [-0.05, 0) is 79.1 Å². The standard InChI is InChI=1S/C13H12OS2.C13H12S2/c1-16(14)13-9-7-12(8-10-13)15-11-5-3-2-4-6-11;1-14-11-7-9-13(10-8-11)15-12-5-3-2-4-6-12/h2-10H,1H3;2-10H,1H3. The molecule has 0 spiro atoms. The van der Waals surface area contributed by atoms with Crippen LogP contribution >= 0.6 is 35.3 Å². The molecule has 1 atom stereocenters. The van der Waals surface area contributed by atoms with Crippen LogP contribution in [0.15, 0.2) is 139 Å². The van der Waals surface area contributed by atoms with Crippen molar-refractivity contribution in [3.8, 4) is 0 Å². The number of hydrogen-bond acceptors (Lipinski definition) is 4. The van der Waals surface area contributed by atoms with Gasteiger partial charge < -0.3 is 0 Å². The van der Waals surface area contributed by atoms with Gasteiger partial charge in [0.2, 0.25) is 0 Å². The second-order valence-corrected chi connectivity index (χ2v) is 11.0. The van der Waals surface area contributed by atoms with E-state index in [1.54, 1.807) is 41.5 Å². The van der Waals surface area contributed by atoms with Crippen molar-refractivity contribution in [1.82, 2.24) is 0 Å². The molecule has 0 saturated heterocycles. The Hall–Kier alpha value is -1.92. The Morgan fingerprint density at radius 3 is 1.26 bits per heavy atom. The summed E-state index contributed by atoms with van der Waals surface area (Å²) in [6, 6.07) is 37.2. The molecule has 5 heteroatoms. The van der Waals surface area contributed by atoms with E-state index in [-0.39, 0.29) is 0 Å². The molecule has 158 valence electrons. The Morgan fingerprint density at radius 2 is 0.871 bits per heavy atom. The molecule has 0 bridgehead atoms. The Bertz CT molecular complexity index is 1060. The maximum atomic E-state index is 11.2. The largest absolute Gasteiger partial charge is 0.255 e. The predicted octanol–water partition coefficient (Wildman–Crippen LogP) is 8.13. The summed E-state index contributed by atoms with van der Waals surface area (Å²) in [6.45, 7) is 0. The molecule has 0 radical (unpaired) electrons. The summed E-state index contributed by atoms with van der Waals surface area (Å²) in [5.74, 6) is 0. The first kappa shape index (κ1) is 23.7. The molecule has 4 rings (SSSR count). The first-order chi connectivity index (χ1) is 15.1. The van der Waals surface area contributed by atoms with Crippen LogP contribution in [0.25, 0.3) is 0 Å². The molecule has 31 heavy (non-hydrogen) atoms. The van der Waals surface area contributed by atoms with E-state index in [1.807, 2.05) is 48.5 Å². The van der Waals surface area contributed by atoms with Crippen LogP contribution < -0.4 is 0 Å². The second kappa shape index (κ2) is 12.8. The molecule has 0 amide bonds. The van der Waals surface area contributed by atoms with Gasteiger partial charge in [0, 0.05) is 46.4 Å². The van der Waals surface area contributed by atoms with Crippen molar-refractivity contribution in [1.29, 1.82) is 0 Å². The van der Waals surface area contributed by atoms with Crippen LogP contribution in [0.1, 0.15) is 0 Å². The van der Waals surface area contributed by atoms with Crippen molar-refractivity contribution in [2.24, 2.45) is 0 Å². The van der Waals surface area contributed by atoms with Crippen LogP contribution in [-0.2, 0) is 10.8 Å². The minimum absolute atomic E-state index is 0.873. The molecule has 1 unspecified atom stereocenters. The summed E-state index contributed by atoms with van der Waals surface area (Å²) >= 11 is 5.28. The van der Waals surface area contributed by atoms with Crippen molar-refractivity contribution in [2.75, 3.05) is 12.5 Å². The van der Waals surface area contributed by atoms with Gasteiger partial charge in [-0.1, -0.05) is 59.9 Å². The Kier molecular flexibility index (Phi) is 9.82. The fraction of sp³-hybridized carbons (Fsp3) is 0.0769. The highest BCUT2D eigenvalue weighted by Gasteiger charge is 1.99. The quantitative estimate of drug-likeness (QED) is 0.259. The molecule has 4 aromatic rings. The van der Waals surface area contributed by atoms with E-state index in [0.29, 0.717) is 0 Å². The number of benzene rings is 4. The van der Waals surface area contributed by atoms with Crippen LogP contribution in [0.3, 0.4) is 0 Å². The zero-order valence-electron chi connectivity index (χ0n) is 17.4. The third-order valence-electron chi connectivity index (χ3n) is 4.17. The lowest BCUT2D eigenvalue weighted by Gasteiger charge is -2.02. The predicted molar refractivity (Wildman–Crippen MR) is 138 cm³/mol. The topological polar surface area (TPSA) is 17.1 Å². The van der Waals surface area contributed by atoms with Crippen molar-refractivity contribution >= 4 is 46.1 Å². The van der Waals surface area contributed by atoms with Crippen LogP contribution in [0.5, 0.6) is 0 Å². The second-order valence-electron chi connectivity index (χ2n) is 6.43. The van der Waals surface area contributed by atoms with Crippen molar-refractivity contribution in [3.05, 3.63) is 109 Å². The summed E-state index contributed by atoms with van der Waals surface area (Å²) in [6.07, 6.45) is 3.79. The van der Waals surface area contributed by atoms with Gasteiger partial charge in [-0.15, -0.1) is 11.8 Å². The molecule has 0 aliphatic rings. The highest BCUT2D eigenvalue weighted by Crippen LogP contribution is 2.29. The number of hydrogen-bond donors (Lipinski definition) is 0. The first-order valence-electron chi connectivity index (χ1n) is 9.67. The summed E-state index contributed by atoms with van der Waals surface area (Å²) in [5, 5.41) is 0. The van der Waals surface area contributed by atoms with E-state index in [0.717, 1.165) is 4.90 Å². The van der Waals surface area contributed by atoms with E-state index in [4.69, 9.17) is 0 Å². The third-order valence-corrected chi connectivity index (χ3v) is 7.88. The minimum Gasteiger partial charge on any atom is -0.255 e. The zero-order valence-corrected chi connectivity index (χ0v) is 20.7. The molecule has 4 aromatic carbocycles. The summed E-state index contributed by atoms with van der Waals surface area (Å²) in [7, 11) is -0.893. The molecule has 1 nitrogen and oxygen atoms in total. The lowest BCUT2D eigenvalue weighted by atomic mass is 10.4. The highest BCUT2D eigenvalue weighted by molar-refractivity contribution is 7.99. The van der Waals surface area contributed by atoms with Crippen molar-refractivity contribution in [2.45, 2.75) is 29.4 Å². The van der Waals surface area contributed by atoms with Gasteiger partial charge in [0.25, 0.3) is 0 Å². The van der Waals surface area contributed by atoms with Crippen LogP contribution in [-0.4, -0.2) is 16.7 Å². The van der Waals surface area contributed by atoms with Crippen LogP contribution in [0, 0.1) is 0 Å². The summed E-state index contributed by atoms with van der Waals surface area (Å²) < 4.78 is 11.2. The zero-order chi connectivity index (χ0) is 21.9. The van der Waals surface area contributed by atoms with Gasteiger partial charge in [0.1, 0.15) is 0 Å². The Balaban J connectivity index is 0.000000176. The van der Waals surface area contributed by atoms with Crippen molar-refractivity contribution in [3.63, 3.8) is 0 Å². The molecular weight excluding hydrogens is 457 g/mol. The summed E-state index contributed by atoms with van der Waals surface area (Å²) in [4.78, 5) is 7.14. The van der Waals surface area contributed by atoms with E-state index in [9.17, 15) is 4.21 Å². The summed E-state index contributed by atoms with van der Waals surface area (Å²) in [5.41, 5.74) is 0. The highest BCUT2D eigenvalue weighted by atomic mass is 32.2. The third kappa shape index (κ3) is 8.26. The van der Waals surface area contributed by atoms with Gasteiger partial charge in [0.05, 0.1) is 0 Å².